The van der Waals surface area contributed by atoms with Gasteiger partial charge in [0.1, 0.15) is 0 Å². The summed E-state index contributed by atoms with van der Waals surface area (Å²) in [6, 6.07) is 4.72. The monoisotopic (exact) mass is 636 g/mol. The maximum atomic E-state index is 14.2. The van der Waals surface area contributed by atoms with Gasteiger partial charge in [-0.1, -0.05) is 18.5 Å². The van der Waals surface area contributed by atoms with Gasteiger partial charge in [0.2, 0.25) is 0 Å². The Bertz CT molecular complexity index is 1610. The van der Waals surface area contributed by atoms with E-state index in [0.29, 0.717) is 30.7 Å². The predicted octanol–water partition coefficient (Wildman–Crippen LogP) is 3.71. The molecular weight excluding hydrogens is 613 g/mol. The van der Waals surface area contributed by atoms with Crippen molar-refractivity contribution in [1.29, 1.82) is 0 Å². The zero-order chi connectivity index (χ0) is 28.0. The van der Waals surface area contributed by atoms with Crippen LogP contribution in [-0.4, -0.2) is 66.7 Å². The van der Waals surface area contributed by atoms with Gasteiger partial charge in [-0.25, -0.2) is 13.2 Å². The average molecular weight is 638 g/mol. The molecule has 1 aromatic heterocycles. The van der Waals surface area contributed by atoms with Crippen molar-refractivity contribution in [1.82, 2.24) is 19.4 Å². The van der Waals surface area contributed by atoms with Gasteiger partial charge in [0.25, 0.3) is 5.56 Å². The van der Waals surface area contributed by atoms with E-state index in [9.17, 15) is 31.2 Å². The number of alkyl halides is 3. The van der Waals surface area contributed by atoms with E-state index >= 15 is 0 Å². The Kier molecular flexibility index (Phi) is 8.16. The summed E-state index contributed by atoms with van der Waals surface area (Å²) >= 11 is 9.27. The smallest absolute Gasteiger partial charge is 0.306 e. The fourth-order valence-electron chi connectivity index (χ4n) is 4.48. The van der Waals surface area contributed by atoms with Crippen molar-refractivity contribution in [2.45, 2.75) is 31.1 Å². The molecule has 0 unspecified atom stereocenters. The Morgan fingerprint density at radius 1 is 1.08 bits per heavy atom. The van der Waals surface area contributed by atoms with Crippen LogP contribution < -0.4 is 11.2 Å². The van der Waals surface area contributed by atoms with Crippen LogP contribution in [-0.2, 0) is 29.1 Å². The van der Waals surface area contributed by atoms with Gasteiger partial charge in [0.15, 0.2) is 9.84 Å². The largest absolute Gasteiger partial charge is 0.416 e. The van der Waals surface area contributed by atoms with E-state index in [1.807, 2.05) is 11.9 Å². The van der Waals surface area contributed by atoms with Crippen molar-refractivity contribution in [3.8, 4) is 0 Å². The molecule has 1 aliphatic rings. The van der Waals surface area contributed by atoms with E-state index in [0.717, 1.165) is 6.07 Å². The van der Waals surface area contributed by atoms with Crippen LogP contribution in [0, 0.1) is 0 Å². The third kappa shape index (κ3) is 5.71. The Morgan fingerprint density at radius 3 is 2.34 bits per heavy atom. The van der Waals surface area contributed by atoms with Gasteiger partial charge < -0.3 is 9.88 Å². The van der Waals surface area contributed by atoms with Crippen molar-refractivity contribution in [3.05, 3.63) is 71.3 Å². The molecule has 4 rings (SSSR count). The maximum Gasteiger partial charge on any atom is 0.416 e. The minimum atomic E-state index is -4.76. The van der Waals surface area contributed by atoms with Crippen LogP contribution in [0.2, 0.25) is 5.02 Å². The number of sulfone groups is 1. The number of nitrogens with one attached hydrogen (secondary N) is 1. The molecule has 8 nitrogen and oxygen atoms in total. The van der Waals surface area contributed by atoms with Crippen LogP contribution in [0.3, 0.4) is 0 Å². The number of hydrogen-bond acceptors (Lipinski definition) is 6. The Morgan fingerprint density at radius 2 is 1.74 bits per heavy atom. The molecular formula is C24H25BrClF3N4O4S. The first-order chi connectivity index (χ1) is 17.7. The number of rotatable bonds is 6. The standard InChI is InChI=1S/C24H25BrClF3N4O4S/c1-3-38(36,37)19-5-4-15(26)10-14(19)12-33-22(34)16-11-18(24(27,28)29)17(20(25)21(16)30-23(33)35)13-32-8-6-31(2)7-9-32/h4-5,10-11H,3,6-9,12-13H2,1-2H3,(H,30,35). The molecule has 0 bridgehead atoms. The number of aromatic amines is 1. The molecule has 1 saturated heterocycles. The average Bonchev–Trinajstić information content (AvgIpc) is 2.84. The first-order valence-electron chi connectivity index (χ1n) is 11.7. The summed E-state index contributed by atoms with van der Waals surface area (Å²) in [5.74, 6) is -0.234. The predicted molar refractivity (Wildman–Crippen MR) is 143 cm³/mol. The zero-order valence-electron chi connectivity index (χ0n) is 20.5. The molecule has 2 aromatic carbocycles. The highest BCUT2D eigenvalue weighted by Gasteiger charge is 2.36. The van der Waals surface area contributed by atoms with Crippen molar-refractivity contribution >= 4 is 48.3 Å². The molecule has 1 aliphatic heterocycles. The van der Waals surface area contributed by atoms with E-state index in [1.165, 1.54) is 25.1 Å². The molecule has 1 N–H and O–H groups in total. The van der Waals surface area contributed by atoms with E-state index < -0.39 is 39.4 Å². The minimum absolute atomic E-state index is 0.0143. The van der Waals surface area contributed by atoms with Crippen molar-refractivity contribution in [2.24, 2.45) is 0 Å². The summed E-state index contributed by atoms with van der Waals surface area (Å²) in [6.07, 6.45) is -4.76. The SMILES string of the molecule is CCS(=O)(=O)c1ccc(Cl)cc1Cn1c(=O)[nH]c2c(Br)c(CN3CCN(C)CC3)c(C(F)(F)F)cc2c1=O. The van der Waals surface area contributed by atoms with E-state index in [4.69, 9.17) is 11.6 Å². The topological polar surface area (TPSA) is 95.5 Å². The summed E-state index contributed by atoms with van der Waals surface area (Å²) in [6.45, 7) is 3.46. The summed E-state index contributed by atoms with van der Waals surface area (Å²) in [7, 11) is -1.81. The third-order valence-electron chi connectivity index (χ3n) is 6.67. The summed E-state index contributed by atoms with van der Waals surface area (Å²) in [5.41, 5.74) is -2.92. The molecule has 0 spiro atoms. The Labute approximate surface area is 230 Å². The second-order valence-corrected chi connectivity index (χ2v) is 12.7. The number of nitrogens with zero attached hydrogens (tertiary/aromatic N) is 3. The molecule has 0 amide bonds. The van der Waals surface area contributed by atoms with Crippen LogP contribution in [0.25, 0.3) is 10.9 Å². The van der Waals surface area contributed by atoms with Gasteiger partial charge in [-0.05, 0) is 58.4 Å². The van der Waals surface area contributed by atoms with E-state index in [-0.39, 0.29) is 48.7 Å². The molecule has 14 heteroatoms. The number of halogens is 5. The van der Waals surface area contributed by atoms with Crippen molar-refractivity contribution in [2.75, 3.05) is 39.0 Å². The minimum Gasteiger partial charge on any atom is -0.306 e. The summed E-state index contributed by atoms with van der Waals surface area (Å²) in [5, 5.41) is -0.177. The summed E-state index contributed by atoms with van der Waals surface area (Å²) in [4.78, 5) is 32.8. The van der Waals surface area contributed by atoms with Crippen LogP contribution in [0.1, 0.15) is 23.6 Å². The van der Waals surface area contributed by atoms with Gasteiger partial charge in [-0.15, -0.1) is 0 Å². The van der Waals surface area contributed by atoms with Crippen molar-refractivity contribution < 1.29 is 21.6 Å². The number of aromatic nitrogens is 2. The van der Waals surface area contributed by atoms with Crippen LogP contribution in [0.15, 0.2) is 43.2 Å². The van der Waals surface area contributed by atoms with E-state index in [1.54, 1.807) is 0 Å². The maximum absolute atomic E-state index is 14.2. The highest BCUT2D eigenvalue weighted by atomic mass is 79.9. The number of piperazine rings is 1. The second kappa shape index (κ2) is 10.8. The zero-order valence-corrected chi connectivity index (χ0v) is 23.7. The number of hydrogen-bond donors (Lipinski definition) is 1. The molecule has 0 saturated carbocycles. The molecule has 0 radical (unpaired) electrons. The molecule has 0 aliphatic carbocycles. The molecule has 2 heterocycles. The lowest BCUT2D eigenvalue weighted by Crippen LogP contribution is -2.44. The first-order valence-corrected chi connectivity index (χ1v) is 14.5. The summed E-state index contributed by atoms with van der Waals surface area (Å²) < 4.78 is 68.4. The van der Waals surface area contributed by atoms with Crippen molar-refractivity contribution in [3.63, 3.8) is 0 Å². The van der Waals surface area contributed by atoms with Crippen LogP contribution >= 0.6 is 27.5 Å². The lowest BCUT2D eigenvalue weighted by Gasteiger charge is -2.33. The normalized spacial score (nSPS) is 15.9. The quantitative estimate of drug-likeness (QED) is 0.443. The number of fused-ring (bicyclic) bond motifs is 1. The highest BCUT2D eigenvalue weighted by Crippen LogP contribution is 2.39. The third-order valence-corrected chi connectivity index (χ3v) is 9.61. The number of likely N-dealkylation sites (N-methyl/N-ethyl adjacent to an activating group) is 1. The van der Waals surface area contributed by atoms with Crippen LogP contribution in [0.4, 0.5) is 13.2 Å². The Hall–Kier alpha value is -2.19. The Balaban J connectivity index is 1.88. The van der Waals surface area contributed by atoms with Gasteiger partial charge >= 0.3 is 11.9 Å². The molecule has 0 atom stereocenters. The lowest BCUT2D eigenvalue weighted by atomic mass is 10.0. The fraction of sp³-hybridized carbons (Fsp3) is 0.417. The van der Waals surface area contributed by atoms with Gasteiger partial charge in [0, 0.05) is 42.2 Å². The molecule has 38 heavy (non-hydrogen) atoms. The van der Waals surface area contributed by atoms with Gasteiger partial charge in [-0.3, -0.25) is 14.3 Å². The van der Waals surface area contributed by atoms with Crippen LogP contribution in [0.5, 0.6) is 0 Å². The molecule has 206 valence electrons. The highest BCUT2D eigenvalue weighted by molar-refractivity contribution is 9.10. The number of benzene rings is 2. The first kappa shape index (κ1) is 28.8. The van der Waals surface area contributed by atoms with E-state index in [2.05, 4.69) is 25.8 Å². The molecule has 1 fully saturated rings. The lowest BCUT2D eigenvalue weighted by molar-refractivity contribution is -0.138. The fourth-order valence-corrected chi connectivity index (χ4v) is 6.43. The van der Waals surface area contributed by atoms with Gasteiger partial charge in [-0.2, -0.15) is 13.2 Å². The second-order valence-electron chi connectivity index (χ2n) is 9.19. The van der Waals surface area contributed by atoms with Gasteiger partial charge in [0.05, 0.1) is 33.7 Å². The molecule has 3 aromatic rings. The number of H-pyrrole nitrogens is 1.